The molecule has 126 valence electrons. The van der Waals surface area contributed by atoms with Gasteiger partial charge in [0.1, 0.15) is 0 Å². The first-order valence-electron chi connectivity index (χ1n) is 9.18. The lowest BCUT2D eigenvalue weighted by molar-refractivity contribution is 0.139. The second kappa shape index (κ2) is 8.16. The molecular formula is C17H32N4O. The van der Waals surface area contributed by atoms with Crippen LogP contribution in [0.2, 0.25) is 0 Å². The van der Waals surface area contributed by atoms with E-state index in [0.29, 0.717) is 0 Å². The van der Waals surface area contributed by atoms with Gasteiger partial charge in [-0.2, -0.15) is 0 Å². The molecule has 1 saturated carbocycles. The molecule has 1 unspecified atom stereocenters. The minimum atomic E-state index is 0.757. The Hall–Kier alpha value is -0.810. The van der Waals surface area contributed by atoms with Gasteiger partial charge in [-0.3, -0.25) is 9.89 Å². The molecule has 2 heterocycles. The molecule has 3 fully saturated rings. The van der Waals surface area contributed by atoms with Gasteiger partial charge < -0.3 is 15.0 Å². The molecule has 0 spiro atoms. The number of ether oxygens (including phenoxy) is 1. The molecule has 0 aromatic heterocycles. The van der Waals surface area contributed by atoms with Crippen LogP contribution in [-0.4, -0.2) is 74.8 Å². The predicted molar refractivity (Wildman–Crippen MR) is 90.3 cm³/mol. The van der Waals surface area contributed by atoms with E-state index in [1.54, 1.807) is 0 Å². The second-order valence-electron chi connectivity index (χ2n) is 7.01. The highest BCUT2D eigenvalue weighted by Gasteiger charge is 2.24. The van der Waals surface area contributed by atoms with E-state index in [-0.39, 0.29) is 0 Å². The monoisotopic (exact) mass is 308 g/mol. The van der Waals surface area contributed by atoms with Crippen molar-refractivity contribution in [1.29, 1.82) is 0 Å². The zero-order chi connectivity index (χ0) is 15.2. The first kappa shape index (κ1) is 16.1. The van der Waals surface area contributed by atoms with E-state index in [0.717, 1.165) is 70.3 Å². The summed E-state index contributed by atoms with van der Waals surface area (Å²) in [7, 11) is 0. The fourth-order valence-electron chi connectivity index (χ4n) is 3.55. The molecular weight excluding hydrogens is 276 g/mol. The van der Waals surface area contributed by atoms with Gasteiger partial charge in [0.15, 0.2) is 5.96 Å². The number of nitrogens with zero attached hydrogens (tertiary/aromatic N) is 3. The molecule has 0 aromatic rings. The molecule has 0 radical (unpaired) electrons. The van der Waals surface area contributed by atoms with Crippen LogP contribution in [0.1, 0.15) is 32.6 Å². The molecule has 3 aliphatic rings. The molecule has 3 rings (SSSR count). The van der Waals surface area contributed by atoms with Gasteiger partial charge in [-0.15, -0.1) is 0 Å². The number of aliphatic imine (C=N–C) groups is 1. The third-order valence-corrected chi connectivity index (χ3v) is 5.27. The number of hydrogen-bond acceptors (Lipinski definition) is 3. The lowest BCUT2D eigenvalue weighted by Crippen LogP contribution is -2.53. The van der Waals surface area contributed by atoms with Gasteiger partial charge in [-0.25, -0.2) is 0 Å². The Bertz CT molecular complexity index is 356. The molecule has 0 amide bonds. The van der Waals surface area contributed by atoms with Crippen molar-refractivity contribution in [3.63, 3.8) is 0 Å². The van der Waals surface area contributed by atoms with Crippen molar-refractivity contribution in [3.05, 3.63) is 0 Å². The molecule has 1 atom stereocenters. The first-order valence-corrected chi connectivity index (χ1v) is 9.18. The summed E-state index contributed by atoms with van der Waals surface area (Å²) >= 11 is 0. The van der Waals surface area contributed by atoms with Crippen LogP contribution in [0.25, 0.3) is 0 Å². The Kier molecular flexibility index (Phi) is 5.96. The van der Waals surface area contributed by atoms with Gasteiger partial charge in [0, 0.05) is 52.4 Å². The average molecular weight is 308 g/mol. The fourth-order valence-corrected chi connectivity index (χ4v) is 3.55. The quantitative estimate of drug-likeness (QED) is 0.616. The summed E-state index contributed by atoms with van der Waals surface area (Å²) in [5.74, 6) is 2.74. The van der Waals surface area contributed by atoms with Gasteiger partial charge in [0.25, 0.3) is 0 Å². The van der Waals surface area contributed by atoms with Crippen LogP contribution < -0.4 is 5.32 Å². The van der Waals surface area contributed by atoms with Crippen molar-refractivity contribution in [3.8, 4) is 0 Å². The summed E-state index contributed by atoms with van der Waals surface area (Å²) in [6.45, 7) is 11.8. The van der Waals surface area contributed by atoms with E-state index in [9.17, 15) is 0 Å². The number of piperazine rings is 1. The van der Waals surface area contributed by atoms with E-state index in [4.69, 9.17) is 9.73 Å². The molecule has 5 nitrogen and oxygen atoms in total. The minimum absolute atomic E-state index is 0.757. The normalized spacial score (nSPS) is 28.0. The van der Waals surface area contributed by atoms with Crippen LogP contribution in [0.3, 0.4) is 0 Å². The standard InChI is InChI=1S/C17H32N4O/c1-2-18-17(19-12-15-4-3-5-15)21-9-7-20(8-10-21)13-16-6-11-22-14-16/h15-16H,2-14H2,1H3,(H,18,19). The zero-order valence-electron chi connectivity index (χ0n) is 14.1. The topological polar surface area (TPSA) is 40.1 Å². The summed E-state index contributed by atoms with van der Waals surface area (Å²) in [6, 6.07) is 0. The molecule has 1 aliphatic carbocycles. The molecule has 22 heavy (non-hydrogen) atoms. The van der Waals surface area contributed by atoms with Gasteiger partial charge in [-0.1, -0.05) is 6.42 Å². The Balaban J connectivity index is 1.44. The smallest absolute Gasteiger partial charge is 0.194 e. The van der Waals surface area contributed by atoms with Gasteiger partial charge in [-0.05, 0) is 38.0 Å². The van der Waals surface area contributed by atoms with Crippen molar-refractivity contribution in [2.24, 2.45) is 16.8 Å². The van der Waals surface area contributed by atoms with Gasteiger partial charge in [0.05, 0.1) is 6.61 Å². The Morgan fingerprint density at radius 2 is 1.95 bits per heavy atom. The Morgan fingerprint density at radius 3 is 2.55 bits per heavy atom. The third-order valence-electron chi connectivity index (χ3n) is 5.27. The molecule has 1 N–H and O–H groups in total. The Labute approximate surface area is 135 Å². The van der Waals surface area contributed by atoms with Gasteiger partial charge in [0.2, 0.25) is 0 Å². The summed E-state index contributed by atoms with van der Waals surface area (Å²) < 4.78 is 5.49. The average Bonchev–Trinajstić information content (AvgIpc) is 2.98. The van der Waals surface area contributed by atoms with Crippen molar-refractivity contribution >= 4 is 5.96 Å². The maximum absolute atomic E-state index is 5.49. The first-order chi connectivity index (χ1) is 10.8. The molecule has 5 heteroatoms. The van der Waals surface area contributed by atoms with Crippen LogP contribution in [0.15, 0.2) is 4.99 Å². The molecule has 2 aliphatic heterocycles. The fraction of sp³-hybridized carbons (Fsp3) is 0.941. The van der Waals surface area contributed by atoms with Crippen molar-refractivity contribution in [1.82, 2.24) is 15.1 Å². The van der Waals surface area contributed by atoms with Gasteiger partial charge >= 0.3 is 0 Å². The minimum Gasteiger partial charge on any atom is -0.381 e. The number of hydrogen-bond donors (Lipinski definition) is 1. The Morgan fingerprint density at radius 1 is 1.14 bits per heavy atom. The summed E-state index contributed by atoms with van der Waals surface area (Å²) in [5.41, 5.74) is 0. The number of nitrogens with one attached hydrogen (secondary N) is 1. The van der Waals surface area contributed by atoms with Crippen molar-refractivity contribution in [2.45, 2.75) is 32.6 Å². The lowest BCUT2D eigenvalue weighted by Gasteiger charge is -2.37. The second-order valence-corrected chi connectivity index (χ2v) is 7.01. The van der Waals surface area contributed by atoms with Crippen LogP contribution in [0.5, 0.6) is 0 Å². The highest BCUT2D eigenvalue weighted by molar-refractivity contribution is 5.80. The molecule has 0 aromatic carbocycles. The number of rotatable bonds is 5. The highest BCUT2D eigenvalue weighted by atomic mass is 16.5. The van der Waals surface area contributed by atoms with E-state index >= 15 is 0 Å². The van der Waals surface area contributed by atoms with E-state index in [2.05, 4.69) is 22.0 Å². The predicted octanol–water partition coefficient (Wildman–Crippen LogP) is 1.41. The van der Waals surface area contributed by atoms with E-state index in [1.807, 2.05) is 0 Å². The van der Waals surface area contributed by atoms with Crippen molar-refractivity contribution < 1.29 is 4.74 Å². The van der Waals surface area contributed by atoms with Crippen molar-refractivity contribution in [2.75, 3.05) is 59.0 Å². The van der Waals surface area contributed by atoms with E-state index in [1.165, 1.54) is 32.2 Å². The summed E-state index contributed by atoms with van der Waals surface area (Å²) in [5, 5.41) is 3.48. The third kappa shape index (κ3) is 4.35. The van der Waals surface area contributed by atoms with Crippen LogP contribution in [-0.2, 0) is 4.74 Å². The molecule has 2 saturated heterocycles. The SMILES string of the molecule is CCNC(=NCC1CCC1)N1CCN(CC2CCOC2)CC1. The summed E-state index contributed by atoms with van der Waals surface area (Å²) in [4.78, 5) is 9.93. The zero-order valence-corrected chi connectivity index (χ0v) is 14.1. The largest absolute Gasteiger partial charge is 0.381 e. The number of guanidine groups is 1. The maximum atomic E-state index is 5.49. The lowest BCUT2D eigenvalue weighted by atomic mass is 9.86. The maximum Gasteiger partial charge on any atom is 0.194 e. The summed E-state index contributed by atoms with van der Waals surface area (Å²) in [6.07, 6.45) is 5.40. The molecule has 0 bridgehead atoms. The van der Waals surface area contributed by atoms with Crippen LogP contribution >= 0.6 is 0 Å². The van der Waals surface area contributed by atoms with Crippen LogP contribution in [0.4, 0.5) is 0 Å². The highest BCUT2D eigenvalue weighted by Crippen LogP contribution is 2.26. The van der Waals surface area contributed by atoms with E-state index < -0.39 is 0 Å². The van der Waals surface area contributed by atoms with Crippen LogP contribution in [0, 0.1) is 11.8 Å².